The zero-order chi connectivity index (χ0) is 14.7. The number of hydrogen-bond acceptors (Lipinski definition) is 2. The van der Waals surface area contributed by atoms with E-state index in [-0.39, 0.29) is 0 Å². The van der Waals surface area contributed by atoms with Crippen LogP contribution in [0.1, 0.15) is 57.1 Å². The Hall–Kier alpha value is -1.02. The van der Waals surface area contributed by atoms with Crippen molar-refractivity contribution < 1.29 is 0 Å². The van der Waals surface area contributed by atoms with E-state index in [9.17, 15) is 0 Å². The molecule has 3 rings (SSSR count). The minimum atomic E-state index is 0.804. The molecule has 0 amide bonds. The zero-order valence-electron chi connectivity index (χ0n) is 13.7. The molecule has 1 aromatic carbocycles. The van der Waals surface area contributed by atoms with Gasteiger partial charge in [-0.05, 0) is 55.3 Å². The van der Waals surface area contributed by atoms with Crippen LogP contribution in [-0.4, -0.2) is 24.0 Å². The Bertz CT molecular complexity index is 461. The number of benzene rings is 1. The molecule has 2 heteroatoms. The van der Waals surface area contributed by atoms with E-state index in [4.69, 9.17) is 0 Å². The van der Waals surface area contributed by atoms with Gasteiger partial charge in [-0.15, -0.1) is 0 Å². The molecule has 0 bridgehead atoms. The van der Waals surface area contributed by atoms with Gasteiger partial charge < -0.3 is 5.32 Å². The van der Waals surface area contributed by atoms with Crippen molar-refractivity contribution in [2.75, 3.05) is 18.4 Å². The highest BCUT2D eigenvalue weighted by atomic mass is 15.2. The smallest absolute Gasteiger partial charge is 0.0373 e. The van der Waals surface area contributed by atoms with E-state index in [0.717, 1.165) is 25.0 Å². The lowest BCUT2D eigenvalue weighted by molar-refractivity contribution is 0.179. The molecule has 0 aromatic heterocycles. The fourth-order valence-electron chi connectivity index (χ4n) is 3.78. The average Bonchev–Trinajstić information content (AvgIpc) is 3.13. The second kappa shape index (κ2) is 6.83. The SMILES string of the molecule is CC(C)CCN(Cc1ccc2c(c1)CCN2)C1CCCC1. The number of anilines is 1. The highest BCUT2D eigenvalue weighted by Gasteiger charge is 2.23. The fourth-order valence-corrected chi connectivity index (χ4v) is 3.78. The van der Waals surface area contributed by atoms with Gasteiger partial charge in [0.05, 0.1) is 0 Å². The summed E-state index contributed by atoms with van der Waals surface area (Å²) in [6.45, 7) is 8.20. The summed E-state index contributed by atoms with van der Waals surface area (Å²) >= 11 is 0. The molecule has 116 valence electrons. The van der Waals surface area contributed by atoms with Crippen LogP contribution < -0.4 is 5.32 Å². The molecule has 0 radical (unpaired) electrons. The summed E-state index contributed by atoms with van der Waals surface area (Å²) in [5.74, 6) is 0.804. The lowest BCUT2D eigenvalue weighted by Gasteiger charge is -2.29. The average molecular weight is 286 g/mol. The van der Waals surface area contributed by atoms with Crippen LogP contribution in [0.25, 0.3) is 0 Å². The van der Waals surface area contributed by atoms with Crippen LogP contribution >= 0.6 is 0 Å². The van der Waals surface area contributed by atoms with Gasteiger partial charge >= 0.3 is 0 Å². The molecule has 0 unspecified atom stereocenters. The third kappa shape index (κ3) is 3.79. The van der Waals surface area contributed by atoms with Crippen molar-refractivity contribution in [3.8, 4) is 0 Å². The van der Waals surface area contributed by atoms with Crippen LogP contribution in [-0.2, 0) is 13.0 Å². The monoisotopic (exact) mass is 286 g/mol. The summed E-state index contributed by atoms with van der Waals surface area (Å²) in [6.07, 6.45) is 8.19. The van der Waals surface area contributed by atoms with Crippen LogP contribution in [0.4, 0.5) is 5.69 Å². The molecule has 1 aromatic rings. The first-order chi connectivity index (χ1) is 10.2. The molecule has 1 fully saturated rings. The first kappa shape index (κ1) is 14.9. The minimum Gasteiger partial charge on any atom is -0.384 e. The number of rotatable bonds is 6. The van der Waals surface area contributed by atoms with Crippen molar-refractivity contribution in [1.82, 2.24) is 4.90 Å². The third-order valence-electron chi connectivity index (χ3n) is 5.10. The van der Waals surface area contributed by atoms with Crippen LogP contribution in [0.15, 0.2) is 18.2 Å². The van der Waals surface area contributed by atoms with E-state index in [0.29, 0.717) is 0 Å². The van der Waals surface area contributed by atoms with Gasteiger partial charge in [0.25, 0.3) is 0 Å². The lowest BCUT2D eigenvalue weighted by atomic mass is 10.1. The van der Waals surface area contributed by atoms with Crippen LogP contribution in [0.2, 0.25) is 0 Å². The van der Waals surface area contributed by atoms with Crippen LogP contribution in [0, 0.1) is 5.92 Å². The summed E-state index contributed by atoms with van der Waals surface area (Å²) in [5, 5.41) is 3.46. The number of fused-ring (bicyclic) bond motifs is 1. The normalized spacial score (nSPS) is 18.5. The summed E-state index contributed by atoms with van der Waals surface area (Å²) in [7, 11) is 0. The van der Waals surface area contributed by atoms with E-state index in [1.54, 1.807) is 0 Å². The Morgan fingerprint density at radius 2 is 2.05 bits per heavy atom. The zero-order valence-corrected chi connectivity index (χ0v) is 13.7. The van der Waals surface area contributed by atoms with E-state index in [2.05, 4.69) is 42.3 Å². The van der Waals surface area contributed by atoms with Gasteiger partial charge in [-0.3, -0.25) is 4.90 Å². The van der Waals surface area contributed by atoms with Crippen molar-refractivity contribution in [3.05, 3.63) is 29.3 Å². The maximum absolute atomic E-state index is 3.46. The highest BCUT2D eigenvalue weighted by molar-refractivity contribution is 5.56. The Morgan fingerprint density at radius 1 is 1.24 bits per heavy atom. The van der Waals surface area contributed by atoms with Gasteiger partial charge in [0.2, 0.25) is 0 Å². The van der Waals surface area contributed by atoms with E-state index >= 15 is 0 Å². The van der Waals surface area contributed by atoms with Crippen molar-refractivity contribution in [3.63, 3.8) is 0 Å². The Labute approximate surface area is 129 Å². The fraction of sp³-hybridized carbons (Fsp3) is 0.684. The van der Waals surface area contributed by atoms with E-state index < -0.39 is 0 Å². The number of nitrogens with zero attached hydrogens (tertiary/aromatic N) is 1. The van der Waals surface area contributed by atoms with Crippen LogP contribution in [0.3, 0.4) is 0 Å². The summed E-state index contributed by atoms with van der Waals surface area (Å²) in [6, 6.07) is 7.88. The second-order valence-corrected chi connectivity index (χ2v) is 7.26. The van der Waals surface area contributed by atoms with Gasteiger partial charge in [-0.1, -0.05) is 38.8 Å². The Balaban J connectivity index is 1.67. The van der Waals surface area contributed by atoms with Crippen molar-refractivity contribution in [2.45, 2.75) is 65.0 Å². The molecular weight excluding hydrogens is 256 g/mol. The molecule has 1 aliphatic heterocycles. The van der Waals surface area contributed by atoms with Gasteiger partial charge in [0.1, 0.15) is 0 Å². The summed E-state index contributed by atoms with van der Waals surface area (Å²) in [4.78, 5) is 2.76. The molecule has 2 aliphatic rings. The summed E-state index contributed by atoms with van der Waals surface area (Å²) < 4.78 is 0. The predicted molar refractivity (Wildman–Crippen MR) is 90.8 cm³/mol. The molecule has 0 atom stereocenters. The van der Waals surface area contributed by atoms with Crippen LogP contribution in [0.5, 0.6) is 0 Å². The van der Waals surface area contributed by atoms with E-state index in [1.165, 1.54) is 61.9 Å². The minimum absolute atomic E-state index is 0.804. The first-order valence-electron chi connectivity index (χ1n) is 8.82. The highest BCUT2D eigenvalue weighted by Crippen LogP contribution is 2.28. The molecule has 2 nitrogen and oxygen atoms in total. The van der Waals surface area contributed by atoms with Gasteiger partial charge in [-0.2, -0.15) is 0 Å². The maximum atomic E-state index is 3.46. The van der Waals surface area contributed by atoms with Gasteiger partial charge in [0, 0.05) is 24.8 Å². The van der Waals surface area contributed by atoms with Crippen molar-refractivity contribution in [1.29, 1.82) is 0 Å². The van der Waals surface area contributed by atoms with E-state index in [1.807, 2.05) is 0 Å². The number of nitrogens with one attached hydrogen (secondary N) is 1. The van der Waals surface area contributed by atoms with Gasteiger partial charge in [-0.25, -0.2) is 0 Å². The third-order valence-corrected chi connectivity index (χ3v) is 5.10. The quantitative estimate of drug-likeness (QED) is 0.831. The molecule has 1 saturated carbocycles. The first-order valence-corrected chi connectivity index (χ1v) is 8.82. The molecule has 1 heterocycles. The molecule has 0 saturated heterocycles. The second-order valence-electron chi connectivity index (χ2n) is 7.26. The lowest BCUT2D eigenvalue weighted by Crippen LogP contribution is -2.34. The van der Waals surface area contributed by atoms with Gasteiger partial charge in [0.15, 0.2) is 0 Å². The number of hydrogen-bond donors (Lipinski definition) is 1. The predicted octanol–water partition coefficient (Wildman–Crippen LogP) is 4.45. The molecule has 0 spiro atoms. The topological polar surface area (TPSA) is 15.3 Å². The maximum Gasteiger partial charge on any atom is 0.0373 e. The summed E-state index contributed by atoms with van der Waals surface area (Å²) in [5.41, 5.74) is 4.38. The molecule has 1 aliphatic carbocycles. The Kier molecular flexibility index (Phi) is 4.84. The largest absolute Gasteiger partial charge is 0.384 e. The molecular formula is C19H30N2. The standard InChI is InChI=1S/C19H30N2/c1-15(2)10-12-21(18-5-3-4-6-18)14-16-7-8-19-17(13-16)9-11-20-19/h7-8,13,15,18,20H,3-6,9-12,14H2,1-2H3. The molecule has 1 N–H and O–H groups in total. The van der Waals surface area contributed by atoms with Crippen molar-refractivity contribution >= 4 is 5.69 Å². The Morgan fingerprint density at radius 3 is 2.81 bits per heavy atom. The van der Waals surface area contributed by atoms with Crippen molar-refractivity contribution in [2.24, 2.45) is 5.92 Å². The molecule has 21 heavy (non-hydrogen) atoms.